The molecule has 0 aliphatic rings. The Hall–Kier alpha value is -2.97. The Labute approximate surface area is 186 Å². The molecule has 0 aliphatic heterocycles. The lowest BCUT2D eigenvalue weighted by atomic mass is 10.2. The van der Waals surface area contributed by atoms with E-state index < -0.39 is 15.9 Å². The standard InChI is InChI=1S/C22H23ClN2O5S/c1-15-5-8-18(30-15)14-24(2)22(26)20-13-19(11-12-21(20)23)31(27,28)25(3)16-6-9-17(29-4)10-7-16/h5-13H,14H2,1-4H3. The van der Waals surface area contributed by atoms with Crippen LogP contribution in [0.5, 0.6) is 5.75 Å². The number of halogens is 1. The minimum atomic E-state index is -3.92. The number of rotatable bonds is 7. The van der Waals surface area contributed by atoms with Crippen molar-refractivity contribution in [1.29, 1.82) is 0 Å². The fraction of sp³-hybridized carbons (Fsp3) is 0.227. The second kappa shape index (κ2) is 9.03. The Morgan fingerprint density at radius 1 is 1.06 bits per heavy atom. The average Bonchev–Trinajstić information content (AvgIpc) is 3.17. The zero-order valence-corrected chi connectivity index (χ0v) is 19.2. The van der Waals surface area contributed by atoms with E-state index in [2.05, 4.69) is 0 Å². The third-order valence-corrected chi connectivity index (χ3v) is 6.91. The van der Waals surface area contributed by atoms with Gasteiger partial charge < -0.3 is 14.1 Å². The maximum Gasteiger partial charge on any atom is 0.264 e. The zero-order chi connectivity index (χ0) is 22.8. The Kier molecular flexibility index (Phi) is 6.62. The SMILES string of the molecule is COc1ccc(N(C)S(=O)(=O)c2ccc(Cl)c(C(=O)N(C)Cc3ccc(C)o3)c2)cc1. The normalized spacial score (nSPS) is 11.3. The lowest BCUT2D eigenvalue weighted by Gasteiger charge is -2.21. The van der Waals surface area contributed by atoms with Crippen LogP contribution in [0.2, 0.25) is 5.02 Å². The van der Waals surface area contributed by atoms with Crippen molar-refractivity contribution in [3.63, 3.8) is 0 Å². The molecule has 0 unspecified atom stereocenters. The summed E-state index contributed by atoms with van der Waals surface area (Å²) in [6, 6.07) is 14.3. The molecule has 0 aliphatic carbocycles. The van der Waals surface area contributed by atoms with Gasteiger partial charge in [-0.3, -0.25) is 9.10 Å². The summed E-state index contributed by atoms with van der Waals surface area (Å²) in [7, 11) is 0.654. The van der Waals surface area contributed by atoms with E-state index in [9.17, 15) is 13.2 Å². The van der Waals surface area contributed by atoms with Gasteiger partial charge in [0.1, 0.15) is 17.3 Å². The first-order valence-electron chi connectivity index (χ1n) is 9.37. The Bertz CT molecular complexity index is 1190. The van der Waals surface area contributed by atoms with E-state index in [1.807, 2.05) is 13.0 Å². The van der Waals surface area contributed by atoms with Crippen LogP contribution in [-0.2, 0) is 16.6 Å². The molecule has 0 atom stereocenters. The number of ether oxygens (including phenoxy) is 1. The smallest absolute Gasteiger partial charge is 0.264 e. The van der Waals surface area contributed by atoms with E-state index in [1.54, 1.807) is 37.4 Å². The van der Waals surface area contributed by atoms with Crippen LogP contribution < -0.4 is 9.04 Å². The molecule has 3 aromatic rings. The van der Waals surface area contributed by atoms with Gasteiger partial charge in [-0.1, -0.05) is 11.6 Å². The Morgan fingerprint density at radius 2 is 1.74 bits per heavy atom. The molecule has 31 heavy (non-hydrogen) atoms. The van der Waals surface area contributed by atoms with Crippen LogP contribution in [-0.4, -0.2) is 40.4 Å². The molecule has 0 saturated carbocycles. The molecule has 1 amide bonds. The van der Waals surface area contributed by atoms with Crippen LogP contribution in [0.1, 0.15) is 21.9 Å². The average molecular weight is 463 g/mol. The van der Waals surface area contributed by atoms with Gasteiger partial charge in [0.2, 0.25) is 0 Å². The molecule has 0 bridgehead atoms. The molecule has 0 radical (unpaired) electrons. The first-order valence-corrected chi connectivity index (χ1v) is 11.2. The van der Waals surface area contributed by atoms with Crippen molar-refractivity contribution in [2.45, 2.75) is 18.4 Å². The van der Waals surface area contributed by atoms with Crippen LogP contribution >= 0.6 is 11.6 Å². The molecule has 2 aromatic carbocycles. The molecule has 3 rings (SSSR count). The van der Waals surface area contributed by atoms with Gasteiger partial charge in [0, 0.05) is 14.1 Å². The molecule has 0 fully saturated rings. The van der Waals surface area contributed by atoms with Crippen molar-refractivity contribution in [1.82, 2.24) is 4.90 Å². The van der Waals surface area contributed by atoms with Crippen molar-refractivity contribution >= 4 is 33.2 Å². The minimum absolute atomic E-state index is 0.0409. The second-order valence-corrected chi connectivity index (χ2v) is 9.36. The van der Waals surface area contributed by atoms with Crippen molar-refractivity contribution < 1.29 is 22.4 Å². The number of anilines is 1. The highest BCUT2D eigenvalue weighted by molar-refractivity contribution is 7.92. The molecule has 1 heterocycles. The number of aryl methyl sites for hydroxylation is 1. The summed E-state index contributed by atoms with van der Waals surface area (Å²) < 4.78 is 38.1. The number of benzene rings is 2. The first-order chi connectivity index (χ1) is 14.6. The minimum Gasteiger partial charge on any atom is -0.497 e. The molecular formula is C22H23ClN2O5S. The molecule has 9 heteroatoms. The largest absolute Gasteiger partial charge is 0.497 e. The number of sulfonamides is 1. The van der Waals surface area contributed by atoms with E-state index in [0.29, 0.717) is 17.2 Å². The van der Waals surface area contributed by atoms with E-state index in [0.717, 1.165) is 10.1 Å². The van der Waals surface area contributed by atoms with Crippen LogP contribution in [0.3, 0.4) is 0 Å². The van der Waals surface area contributed by atoms with E-state index >= 15 is 0 Å². The van der Waals surface area contributed by atoms with Gasteiger partial charge in [0.25, 0.3) is 15.9 Å². The molecule has 0 saturated heterocycles. The number of carbonyl (C=O) groups excluding carboxylic acids is 1. The highest BCUT2D eigenvalue weighted by Crippen LogP contribution is 2.27. The van der Waals surface area contributed by atoms with Crippen molar-refractivity contribution in [3.8, 4) is 5.75 Å². The lowest BCUT2D eigenvalue weighted by molar-refractivity contribution is 0.0775. The highest BCUT2D eigenvalue weighted by Gasteiger charge is 2.25. The summed E-state index contributed by atoms with van der Waals surface area (Å²) in [5, 5.41) is 0.165. The van der Waals surface area contributed by atoms with Crippen molar-refractivity contribution in [2.75, 3.05) is 25.5 Å². The first kappa shape index (κ1) is 22.7. The van der Waals surface area contributed by atoms with Gasteiger partial charge in [-0.05, 0) is 61.5 Å². The number of carbonyl (C=O) groups is 1. The van der Waals surface area contributed by atoms with Crippen LogP contribution in [0.25, 0.3) is 0 Å². The zero-order valence-electron chi connectivity index (χ0n) is 17.6. The van der Waals surface area contributed by atoms with Gasteiger partial charge in [0.15, 0.2) is 0 Å². The van der Waals surface area contributed by atoms with Gasteiger partial charge >= 0.3 is 0 Å². The monoisotopic (exact) mass is 462 g/mol. The summed E-state index contributed by atoms with van der Waals surface area (Å²) in [4.78, 5) is 14.3. The molecule has 7 nitrogen and oxygen atoms in total. The third-order valence-electron chi connectivity index (χ3n) is 4.80. The summed E-state index contributed by atoms with van der Waals surface area (Å²) in [5.74, 6) is 1.56. The van der Waals surface area contributed by atoms with Gasteiger partial charge in [-0.25, -0.2) is 8.42 Å². The van der Waals surface area contributed by atoms with E-state index in [1.165, 1.54) is 37.3 Å². The Morgan fingerprint density at radius 3 is 2.32 bits per heavy atom. The maximum absolute atomic E-state index is 13.1. The van der Waals surface area contributed by atoms with Crippen molar-refractivity contribution in [2.24, 2.45) is 0 Å². The maximum atomic E-state index is 13.1. The van der Waals surface area contributed by atoms with Crippen LogP contribution in [0, 0.1) is 6.92 Å². The van der Waals surface area contributed by atoms with Crippen LogP contribution in [0.4, 0.5) is 5.69 Å². The fourth-order valence-electron chi connectivity index (χ4n) is 3.00. The van der Waals surface area contributed by atoms with E-state index in [-0.39, 0.29) is 22.0 Å². The molecule has 1 aromatic heterocycles. The number of nitrogens with zero attached hydrogens (tertiary/aromatic N) is 2. The summed E-state index contributed by atoms with van der Waals surface area (Å²) in [6.07, 6.45) is 0. The quantitative estimate of drug-likeness (QED) is 0.521. The summed E-state index contributed by atoms with van der Waals surface area (Å²) >= 11 is 6.23. The number of methoxy groups -OCH3 is 1. The fourth-order valence-corrected chi connectivity index (χ4v) is 4.42. The number of furan rings is 1. The second-order valence-electron chi connectivity index (χ2n) is 6.99. The van der Waals surface area contributed by atoms with Gasteiger partial charge in [-0.15, -0.1) is 0 Å². The summed E-state index contributed by atoms with van der Waals surface area (Å²) in [5.41, 5.74) is 0.547. The topological polar surface area (TPSA) is 80.1 Å². The predicted molar refractivity (Wildman–Crippen MR) is 119 cm³/mol. The number of amides is 1. The van der Waals surface area contributed by atoms with Gasteiger partial charge in [-0.2, -0.15) is 0 Å². The molecular weight excluding hydrogens is 440 g/mol. The number of hydrogen-bond acceptors (Lipinski definition) is 5. The summed E-state index contributed by atoms with van der Waals surface area (Å²) in [6.45, 7) is 2.04. The lowest BCUT2D eigenvalue weighted by Crippen LogP contribution is -2.28. The van der Waals surface area contributed by atoms with E-state index in [4.69, 9.17) is 20.8 Å². The highest BCUT2D eigenvalue weighted by atomic mass is 35.5. The third kappa shape index (κ3) is 4.86. The molecule has 164 valence electrons. The number of hydrogen-bond donors (Lipinski definition) is 0. The Balaban J connectivity index is 1.88. The van der Waals surface area contributed by atoms with Crippen molar-refractivity contribution in [3.05, 3.63) is 76.7 Å². The van der Waals surface area contributed by atoms with Gasteiger partial charge in [0.05, 0.1) is 34.8 Å². The van der Waals surface area contributed by atoms with Crippen LogP contribution in [0.15, 0.2) is 63.9 Å². The molecule has 0 spiro atoms. The predicted octanol–water partition coefficient (Wildman–Crippen LogP) is 4.35. The molecule has 0 N–H and O–H groups in total.